The van der Waals surface area contributed by atoms with Gasteiger partial charge in [0.05, 0.1) is 16.8 Å². The molecule has 0 unspecified atom stereocenters. The van der Waals surface area contributed by atoms with E-state index in [0.717, 1.165) is 30.3 Å². The van der Waals surface area contributed by atoms with E-state index in [1.54, 1.807) is 11.8 Å². The largest absolute Gasteiger partial charge is 0.477 e. The van der Waals surface area contributed by atoms with Gasteiger partial charge in [0.1, 0.15) is 16.4 Å². The number of nitrogens with zero attached hydrogens (tertiary/aromatic N) is 4. The molecule has 3 N–H and O–H groups in total. The standard InChI is InChI=1S/C24H23F4N5O5S/c1-2-33-17-12-18(16(25)11-14(17)20(34)13-19(33)22(35)36)31-7-9-32(10-8-31)23(29)30-39(37,38)21-6-4-3-5-15(21)24(26,27)28/h3-6,11-13H,2,7-10H2,1H3,(H2,29,30)(H,35,36). The lowest BCUT2D eigenvalue weighted by Crippen LogP contribution is -2.51. The van der Waals surface area contributed by atoms with Gasteiger partial charge < -0.3 is 25.2 Å². The van der Waals surface area contributed by atoms with Crippen molar-refractivity contribution in [3.63, 3.8) is 0 Å². The molecular weight excluding hydrogens is 546 g/mol. The van der Waals surface area contributed by atoms with Gasteiger partial charge in [-0.25, -0.2) is 9.18 Å². The summed E-state index contributed by atoms with van der Waals surface area (Å²) >= 11 is 0. The number of carboxylic acids is 1. The van der Waals surface area contributed by atoms with Crippen LogP contribution in [-0.2, 0) is 22.7 Å². The lowest BCUT2D eigenvalue weighted by molar-refractivity contribution is -0.139. The Morgan fingerprint density at radius 3 is 2.33 bits per heavy atom. The number of aryl methyl sites for hydroxylation is 1. The number of hydrogen-bond donors (Lipinski definition) is 2. The second-order valence-electron chi connectivity index (χ2n) is 8.66. The molecule has 4 rings (SSSR count). The van der Waals surface area contributed by atoms with Gasteiger partial charge in [-0.05, 0) is 31.2 Å². The van der Waals surface area contributed by atoms with Crippen LogP contribution in [0.5, 0.6) is 0 Å². The van der Waals surface area contributed by atoms with Crippen molar-refractivity contribution in [3.8, 4) is 0 Å². The second-order valence-corrected chi connectivity index (χ2v) is 10.2. The molecule has 39 heavy (non-hydrogen) atoms. The smallest absolute Gasteiger partial charge is 0.417 e. The molecule has 0 aliphatic carbocycles. The Bertz CT molecular complexity index is 1650. The first-order chi connectivity index (χ1) is 18.2. The molecule has 3 aromatic rings. The Labute approximate surface area is 219 Å². The van der Waals surface area contributed by atoms with Crippen molar-refractivity contribution in [1.82, 2.24) is 9.47 Å². The van der Waals surface area contributed by atoms with Gasteiger partial charge in [-0.2, -0.15) is 21.6 Å². The summed E-state index contributed by atoms with van der Waals surface area (Å²) in [7, 11) is -4.79. The molecule has 15 heteroatoms. The van der Waals surface area contributed by atoms with Gasteiger partial charge in [0, 0.05) is 44.2 Å². The van der Waals surface area contributed by atoms with Crippen LogP contribution in [0.1, 0.15) is 23.0 Å². The van der Waals surface area contributed by atoms with Crippen LogP contribution in [0.25, 0.3) is 10.9 Å². The Hall–Kier alpha value is -4.14. The van der Waals surface area contributed by atoms with Crippen LogP contribution in [0.15, 0.2) is 56.6 Å². The van der Waals surface area contributed by atoms with Crippen LogP contribution in [0, 0.1) is 5.82 Å². The van der Waals surface area contributed by atoms with Crippen LogP contribution in [0.4, 0.5) is 23.2 Å². The first kappa shape index (κ1) is 27.9. The van der Waals surface area contributed by atoms with Crippen molar-refractivity contribution in [3.05, 3.63) is 69.8 Å². The molecule has 1 aliphatic rings. The molecule has 10 nitrogen and oxygen atoms in total. The maximum Gasteiger partial charge on any atom is 0.417 e. The third-order valence-electron chi connectivity index (χ3n) is 6.34. The SMILES string of the molecule is CCn1c(C(=O)O)cc(=O)c2cc(F)c(N3CCN(/C(N)=N/S(=O)(=O)c4ccccc4C(F)(F)F)CC3)cc21. The van der Waals surface area contributed by atoms with Crippen LogP contribution in [0.2, 0.25) is 0 Å². The van der Waals surface area contributed by atoms with E-state index >= 15 is 4.39 Å². The van der Waals surface area contributed by atoms with E-state index in [0.29, 0.717) is 6.07 Å². The van der Waals surface area contributed by atoms with E-state index in [-0.39, 0.29) is 55.0 Å². The highest BCUT2D eigenvalue weighted by molar-refractivity contribution is 7.90. The van der Waals surface area contributed by atoms with Gasteiger partial charge in [-0.3, -0.25) is 4.79 Å². The van der Waals surface area contributed by atoms with Crippen LogP contribution >= 0.6 is 0 Å². The van der Waals surface area contributed by atoms with Gasteiger partial charge >= 0.3 is 12.1 Å². The molecule has 0 atom stereocenters. The molecule has 1 fully saturated rings. The Morgan fingerprint density at radius 2 is 1.74 bits per heavy atom. The fourth-order valence-electron chi connectivity index (χ4n) is 4.47. The number of sulfonamides is 1. The zero-order valence-corrected chi connectivity index (χ0v) is 21.3. The molecule has 208 valence electrons. The monoisotopic (exact) mass is 569 g/mol. The van der Waals surface area contributed by atoms with Crippen LogP contribution in [0.3, 0.4) is 0 Å². The number of pyridine rings is 1. The predicted molar refractivity (Wildman–Crippen MR) is 135 cm³/mol. The van der Waals surface area contributed by atoms with E-state index in [4.69, 9.17) is 5.73 Å². The van der Waals surface area contributed by atoms with Gasteiger partial charge in [0.25, 0.3) is 10.0 Å². The maximum absolute atomic E-state index is 15.0. The summed E-state index contributed by atoms with van der Waals surface area (Å²) in [5.74, 6) is -2.54. The fourth-order valence-corrected chi connectivity index (χ4v) is 5.65. The molecule has 1 aromatic heterocycles. The number of rotatable bonds is 5. The van der Waals surface area contributed by atoms with Gasteiger partial charge in [-0.1, -0.05) is 12.1 Å². The molecule has 1 aliphatic heterocycles. The minimum Gasteiger partial charge on any atom is -0.477 e. The Kier molecular flexibility index (Phi) is 7.29. The van der Waals surface area contributed by atoms with E-state index < -0.39 is 49.8 Å². The number of guanidine groups is 1. The summed E-state index contributed by atoms with van der Waals surface area (Å²) in [5, 5.41) is 9.49. The maximum atomic E-state index is 15.0. The molecule has 0 amide bonds. The highest BCUT2D eigenvalue weighted by atomic mass is 32.2. The Balaban J connectivity index is 1.60. The second kappa shape index (κ2) is 10.2. The van der Waals surface area contributed by atoms with E-state index in [1.807, 2.05) is 0 Å². The van der Waals surface area contributed by atoms with E-state index in [2.05, 4.69) is 4.40 Å². The number of nitrogens with two attached hydrogens (primary N) is 1. The molecule has 0 spiro atoms. The number of anilines is 1. The van der Waals surface area contributed by atoms with Crippen molar-refractivity contribution in [2.45, 2.75) is 24.5 Å². The Morgan fingerprint density at radius 1 is 1.10 bits per heavy atom. The van der Waals surface area contributed by atoms with E-state index in [9.17, 15) is 36.3 Å². The molecule has 2 aromatic carbocycles. The quantitative estimate of drug-likeness (QED) is 0.272. The number of halogens is 4. The first-order valence-corrected chi connectivity index (χ1v) is 13.1. The summed E-state index contributed by atoms with van der Waals surface area (Å²) in [5.41, 5.74) is 3.93. The topological polar surface area (TPSA) is 138 Å². The molecule has 0 saturated carbocycles. The number of alkyl halides is 3. The van der Waals surface area contributed by atoms with Crippen molar-refractivity contribution in [1.29, 1.82) is 0 Å². The van der Waals surface area contributed by atoms with Gasteiger partial charge in [0.15, 0.2) is 5.43 Å². The summed E-state index contributed by atoms with van der Waals surface area (Å²) in [6, 6.07) is 6.99. The number of piperazine rings is 1. The highest BCUT2D eigenvalue weighted by Crippen LogP contribution is 2.34. The van der Waals surface area contributed by atoms with Crippen LogP contribution < -0.4 is 16.1 Å². The van der Waals surface area contributed by atoms with Crippen molar-refractivity contribution < 1.29 is 35.9 Å². The molecule has 0 radical (unpaired) electrons. The third-order valence-corrected chi connectivity index (χ3v) is 7.68. The lowest BCUT2D eigenvalue weighted by atomic mass is 10.1. The van der Waals surface area contributed by atoms with Gasteiger partial charge in [-0.15, -0.1) is 4.40 Å². The van der Waals surface area contributed by atoms with Crippen molar-refractivity contribution >= 4 is 38.5 Å². The number of aromatic nitrogens is 1. The summed E-state index contributed by atoms with van der Waals surface area (Å²) in [6.07, 6.45) is -4.92. The van der Waals surface area contributed by atoms with Gasteiger partial charge in [0.2, 0.25) is 5.96 Å². The normalized spacial score (nSPS) is 15.2. The minimum atomic E-state index is -4.92. The predicted octanol–water partition coefficient (Wildman–Crippen LogP) is 2.70. The molecule has 2 heterocycles. The van der Waals surface area contributed by atoms with Crippen molar-refractivity contribution in [2.75, 3.05) is 31.1 Å². The number of carboxylic acid groups (broad SMARTS) is 1. The highest BCUT2D eigenvalue weighted by Gasteiger charge is 2.37. The first-order valence-electron chi connectivity index (χ1n) is 11.6. The zero-order chi connectivity index (χ0) is 28.7. The van der Waals surface area contributed by atoms with E-state index in [1.165, 1.54) is 15.5 Å². The third kappa shape index (κ3) is 5.39. The average Bonchev–Trinajstić information content (AvgIpc) is 2.88. The summed E-state index contributed by atoms with van der Waals surface area (Å²) in [6.45, 7) is 2.23. The molecular formula is C24H23F4N5O5S. The zero-order valence-electron chi connectivity index (χ0n) is 20.4. The number of fused-ring (bicyclic) bond motifs is 1. The minimum absolute atomic E-state index is 0.0162. The average molecular weight is 570 g/mol. The number of carbonyl (C=O) groups is 1. The number of hydrogen-bond acceptors (Lipinski definition) is 5. The number of aromatic carboxylic acids is 1. The summed E-state index contributed by atoms with van der Waals surface area (Å²) in [4.78, 5) is 26.0. The molecule has 0 bridgehead atoms. The summed E-state index contributed by atoms with van der Waals surface area (Å²) < 4.78 is 85.0. The van der Waals surface area contributed by atoms with Crippen LogP contribution in [-0.4, -0.2) is 61.1 Å². The van der Waals surface area contributed by atoms with Crippen molar-refractivity contribution in [2.24, 2.45) is 10.1 Å². The fraction of sp³-hybridized carbons (Fsp3) is 0.292. The number of benzene rings is 2. The molecule has 1 saturated heterocycles. The lowest BCUT2D eigenvalue weighted by Gasteiger charge is -2.36.